The minimum atomic E-state index is 0.0592. The summed E-state index contributed by atoms with van der Waals surface area (Å²) >= 11 is 0. The summed E-state index contributed by atoms with van der Waals surface area (Å²) in [6.45, 7) is 3.70. The average molecular weight is 442 g/mol. The fourth-order valence-electron chi connectivity index (χ4n) is 5.78. The van der Waals surface area contributed by atoms with E-state index in [0.717, 1.165) is 68.0 Å². The second kappa shape index (κ2) is 9.35. The molecule has 3 aliphatic rings. The monoisotopic (exact) mass is 441 g/mol. The number of methoxy groups -OCH3 is 1. The Hall–Kier alpha value is -2.19. The van der Waals surface area contributed by atoms with Crippen LogP contribution in [0.3, 0.4) is 0 Å². The molecule has 1 saturated heterocycles. The normalized spacial score (nSPS) is 21.2. The molecule has 2 aromatic heterocycles. The first-order valence-electron chi connectivity index (χ1n) is 12.3. The van der Waals surface area contributed by atoms with E-state index in [4.69, 9.17) is 9.72 Å². The topological polar surface area (TPSA) is 82.9 Å². The summed E-state index contributed by atoms with van der Waals surface area (Å²) in [6.07, 6.45) is 9.57. The van der Waals surface area contributed by atoms with Gasteiger partial charge in [-0.3, -0.25) is 19.6 Å². The van der Waals surface area contributed by atoms with Gasteiger partial charge < -0.3 is 9.64 Å². The quantitative estimate of drug-likeness (QED) is 0.771. The molecule has 0 spiro atoms. The number of carbonyl (C=O) groups excluding carboxylic acids is 1. The predicted octanol–water partition coefficient (Wildman–Crippen LogP) is 2.46. The van der Waals surface area contributed by atoms with E-state index in [9.17, 15) is 9.59 Å². The third-order valence-electron chi connectivity index (χ3n) is 7.71. The first-order chi connectivity index (χ1) is 15.6. The van der Waals surface area contributed by atoms with Crippen molar-refractivity contribution in [3.63, 3.8) is 0 Å². The van der Waals surface area contributed by atoms with Gasteiger partial charge in [-0.05, 0) is 25.7 Å². The zero-order chi connectivity index (χ0) is 22.1. The number of carbonyl (C=O) groups is 1. The number of aromatic nitrogens is 3. The molecule has 1 saturated carbocycles. The van der Waals surface area contributed by atoms with E-state index in [-0.39, 0.29) is 11.5 Å². The molecule has 8 nitrogen and oxygen atoms in total. The fraction of sp³-hybridized carbons (Fsp3) is 0.708. The third-order valence-corrected chi connectivity index (χ3v) is 7.71. The average Bonchev–Trinajstić information content (AvgIpc) is 3.27. The minimum absolute atomic E-state index is 0.0592. The van der Waals surface area contributed by atoms with E-state index >= 15 is 0 Å². The highest BCUT2D eigenvalue weighted by Gasteiger charge is 2.29. The molecule has 2 aliphatic heterocycles. The SMILES string of the molecule is COCCC(=O)N1CCC(c2cc3nc4c(c(=O)n3[nH]2)CN(C2CCCCC2)CC4)CC1. The van der Waals surface area contributed by atoms with Gasteiger partial charge in [0.05, 0.1) is 24.3 Å². The van der Waals surface area contributed by atoms with Gasteiger partial charge in [-0.15, -0.1) is 0 Å². The van der Waals surface area contributed by atoms with E-state index < -0.39 is 0 Å². The lowest BCUT2D eigenvalue weighted by molar-refractivity contribution is -0.133. The molecule has 0 aromatic carbocycles. The Morgan fingerprint density at radius 1 is 1.16 bits per heavy atom. The van der Waals surface area contributed by atoms with Gasteiger partial charge in [0.15, 0.2) is 5.65 Å². The van der Waals surface area contributed by atoms with Crippen LogP contribution in [0.4, 0.5) is 0 Å². The number of rotatable bonds is 5. The van der Waals surface area contributed by atoms with E-state index in [2.05, 4.69) is 10.00 Å². The number of aromatic amines is 1. The Kier molecular flexibility index (Phi) is 6.33. The summed E-state index contributed by atoms with van der Waals surface area (Å²) in [7, 11) is 1.62. The maximum atomic E-state index is 13.3. The van der Waals surface area contributed by atoms with Crippen molar-refractivity contribution >= 4 is 11.6 Å². The van der Waals surface area contributed by atoms with E-state index in [1.807, 2.05) is 11.0 Å². The van der Waals surface area contributed by atoms with Gasteiger partial charge in [-0.25, -0.2) is 9.50 Å². The molecule has 174 valence electrons. The molecule has 4 heterocycles. The highest BCUT2D eigenvalue weighted by atomic mass is 16.5. The van der Waals surface area contributed by atoms with Crippen LogP contribution in [0.25, 0.3) is 5.65 Å². The zero-order valence-corrected chi connectivity index (χ0v) is 19.1. The Labute approximate surface area is 188 Å². The molecule has 0 atom stereocenters. The molecule has 2 aromatic rings. The summed E-state index contributed by atoms with van der Waals surface area (Å²) < 4.78 is 6.67. The lowest BCUT2D eigenvalue weighted by Crippen LogP contribution is -2.43. The van der Waals surface area contributed by atoms with Crippen molar-refractivity contribution in [1.29, 1.82) is 0 Å². The number of H-pyrrole nitrogens is 1. The van der Waals surface area contributed by atoms with Gasteiger partial charge in [-0.1, -0.05) is 19.3 Å². The van der Waals surface area contributed by atoms with E-state index in [1.54, 1.807) is 11.6 Å². The van der Waals surface area contributed by atoms with Crippen LogP contribution in [-0.4, -0.2) is 69.7 Å². The Balaban J connectivity index is 1.31. The smallest absolute Gasteiger partial charge is 0.277 e. The van der Waals surface area contributed by atoms with Crippen molar-refractivity contribution in [1.82, 2.24) is 24.4 Å². The van der Waals surface area contributed by atoms with Gasteiger partial charge in [0.1, 0.15) is 0 Å². The molecule has 1 N–H and O–H groups in total. The van der Waals surface area contributed by atoms with Gasteiger partial charge in [0, 0.05) is 63.4 Å². The summed E-state index contributed by atoms with van der Waals surface area (Å²) in [5.74, 6) is 0.480. The van der Waals surface area contributed by atoms with Crippen molar-refractivity contribution in [2.45, 2.75) is 76.3 Å². The Bertz CT molecular complexity index is 1010. The first-order valence-corrected chi connectivity index (χ1v) is 12.3. The van der Waals surface area contributed by atoms with Crippen LogP contribution in [0.1, 0.15) is 74.2 Å². The molecule has 1 aliphatic carbocycles. The van der Waals surface area contributed by atoms with E-state index in [0.29, 0.717) is 25.0 Å². The Morgan fingerprint density at radius 2 is 1.94 bits per heavy atom. The second-order valence-electron chi connectivity index (χ2n) is 9.66. The van der Waals surface area contributed by atoms with Crippen LogP contribution in [0.2, 0.25) is 0 Å². The molecular weight excluding hydrogens is 406 g/mol. The van der Waals surface area contributed by atoms with Gasteiger partial charge in [0.25, 0.3) is 5.56 Å². The van der Waals surface area contributed by atoms with Crippen LogP contribution in [0.5, 0.6) is 0 Å². The molecule has 0 bridgehead atoms. The number of fused-ring (bicyclic) bond motifs is 2. The second-order valence-corrected chi connectivity index (χ2v) is 9.66. The number of hydrogen-bond donors (Lipinski definition) is 1. The molecule has 0 unspecified atom stereocenters. The number of ether oxygens (including phenoxy) is 1. The summed E-state index contributed by atoms with van der Waals surface area (Å²) in [4.78, 5) is 34.9. The van der Waals surface area contributed by atoms with Crippen molar-refractivity contribution in [3.8, 4) is 0 Å². The molecule has 8 heteroatoms. The van der Waals surface area contributed by atoms with Crippen LogP contribution >= 0.6 is 0 Å². The lowest BCUT2D eigenvalue weighted by Gasteiger charge is -2.36. The molecule has 1 amide bonds. The van der Waals surface area contributed by atoms with Crippen LogP contribution in [0, 0.1) is 0 Å². The predicted molar refractivity (Wildman–Crippen MR) is 122 cm³/mol. The maximum Gasteiger partial charge on any atom is 0.277 e. The highest BCUT2D eigenvalue weighted by molar-refractivity contribution is 5.76. The summed E-state index contributed by atoms with van der Waals surface area (Å²) in [6, 6.07) is 2.66. The summed E-state index contributed by atoms with van der Waals surface area (Å²) in [5, 5.41) is 3.36. The Morgan fingerprint density at radius 3 is 2.69 bits per heavy atom. The number of amides is 1. The molecule has 5 rings (SSSR count). The number of nitrogens with one attached hydrogen (secondary N) is 1. The van der Waals surface area contributed by atoms with Crippen molar-refractivity contribution in [2.24, 2.45) is 0 Å². The van der Waals surface area contributed by atoms with Crippen molar-refractivity contribution in [2.75, 3.05) is 33.4 Å². The third kappa shape index (κ3) is 4.22. The lowest BCUT2D eigenvalue weighted by atomic mass is 9.92. The fourth-order valence-corrected chi connectivity index (χ4v) is 5.78. The van der Waals surface area contributed by atoms with Crippen LogP contribution in [-0.2, 0) is 22.5 Å². The van der Waals surface area contributed by atoms with Gasteiger partial charge >= 0.3 is 0 Å². The maximum absolute atomic E-state index is 13.3. The number of hydrogen-bond acceptors (Lipinski definition) is 5. The molecule has 0 radical (unpaired) electrons. The molecular formula is C24H35N5O3. The highest BCUT2D eigenvalue weighted by Crippen LogP contribution is 2.29. The standard InChI is InChI=1S/C24H35N5O3/c1-32-14-10-23(30)27-11-7-17(8-12-27)21-15-22-25-20-9-13-28(18-5-3-2-4-6-18)16-19(20)24(31)29(22)26-21/h15,17-18,26H,2-14,16H2,1H3. The first kappa shape index (κ1) is 21.6. The van der Waals surface area contributed by atoms with Crippen LogP contribution < -0.4 is 5.56 Å². The van der Waals surface area contributed by atoms with Gasteiger partial charge in [0.2, 0.25) is 5.91 Å². The van der Waals surface area contributed by atoms with Crippen molar-refractivity contribution in [3.05, 3.63) is 33.4 Å². The number of piperidine rings is 1. The molecule has 32 heavy (non-hydrogen) atoms. The largest absolute Gasteiger partial charge is 0.384 e. The zero-order valence-electron chi connectivity index (χ0n) is 19.1. The minimum Gasteiger partial charge on any atom is -0.384 e. The van der Waals surface area contributed by atoms with E-state index in [1.165, 1.54) is 32.1 Å². The van der Waals surface area contributed by atoms with Gasteiger partial charge in [-0.2, -0.15) is 0 Å². The summed E-state index contributed by atoms with van der Waals surface area (Å²) in [5.41, 5.74) is 3.69. The number of likely N-dealkylation sites (tertiary alicyclic amines) is 1. The number of nitrogens with zero attached hydrogens (tertiary/aromatic N) is 4. The molecule has 2 fully saturated rings. The van der Waals surface area contributed by atoms with Crippen molar-refractivity contribution < 1.29 is 9.53 Å². The van der Waals surface area contributed by atoms with Crippen LogP contribution in [0.15, 0.2) is 10.9 Å².